The van der Waals surface area contributed by atoms with Crippen molar-refractivity contribution in [2.45, 2.75) is 20.4 Å². The van der Waals surface area contributed by atoms with Crippen LogP contribution < -0.4 is 10.0 Å². The summed E-state index contributed by atoms with van der Waals surface area (Å²) in [5.74, 6) is -0.363. The highest BCUT2D eigenvalue weighted by molar-refractivity contribution is 7.92. The van der Waals surface area contributed by atoms with Gasteiger partial charge in [0.15, 0.2) is 0 Å². The van der Waals surface area contributed by atoms with Crippen LogP contribution in [0.2, 0.25) is 0 Å². The third kappa shape index (κ3) is 4.40. The van der Waals surface area contributed by atoms with Crippen molar-refractivity contribution in [3.63, 3.8) is 0 Å². The Morgan fingerprint density at radius 1 is 1.04 bits per heavy atom. The monoisotopic (exact) mass is 398 g/mol. The van der Waals surface area contributed by atoms with Gasteiger partial charge in [0.2, 0.25) is 10.0 Å². The number of hydrogen-bond acceptors (Lipinski definition) is 4. The van der Waals surface area contributed by atoms with Crippen molar-refractivity contribution in [1.82, 2.24) is 15.1 Å². The summed E-state index contributed by atoms with van der Waals surface area (Å²) in [4.78, 5) is 12.7. The van der Waals surface area contributed by atoms with E-state index in [1.54, 1.807) is 24.3 Å². The second-order valence-corrected chi connectivity index (χ2v) is 8.25. The van der Waals surface area contributed by atoms with Crippen LogP contribution in [-0.2, 0) is 16.6 Å². The van der Waals surface area contributed by atoms with Crippen molar-refractivity contribution in [2.24, 2.45) is 0 Å². The van der Waals surface area contributed by atoms with Gasteiger partial charge in [-0.1, -0.05) is 30.3 Å². The predicted octanol–water partition coefficient (Wildman–Crippen LogP) is 2.79. The number of hydrogen-bond donors (Lipinski definition) is 2. The lowest BCUT2D eigenvalue weighted by atomic mass is 10.1. The molecule has 0 radical (unpaired) electrons. The van der Waals surface area contributed by atoms with Crippen molar-refractivity contribution in [2.75, 3.05) is 11.0 Å². The summed E-state index contributed by atoms with van der Waals surface area (Å²) >= 11 is 0. The minimum absolute atomic E-state index is 0.246. The molecule has 0 bridgehead atoms. The van der Waals surface area contributed by atoms with Crippen molar-refractivity contribution in [3.05, 3.63) is 77.1 Å². The Labute approximate surface area is 164 Å². The predicted molar refractivity (Wildman–Crippen MR) is 109 cm³/mol. The van der Waals surface area contributed by atoms with Crippen LogP contribution in [-0.4, -0.2) is 30.4 Å². The summed E-state index contributed by atoms with van der Waals surface area (Å²) in [6, 6.07) is 16.3. The van der Waals surface area contributed by atoms with Gasteiger partial charge in [0, 0.05) is 17.8 Å². The Kier molecular flexibility index (Phi) is 5.51. The zero-order valence-electron chi connectivity index (χ0n) is 15.9. The lowest BCUT2D eigenvalue weighted by molar-refractivity contribution is 0.0951. The molecule has 2 aromatic carbocycles. The smallest absolute Gasteiger partial charge is 0.253 e. The average molecular weight is 398 g/mol. The summed E-state index contributed by atoms with van der Waals surface area (Å²) in [7, 11) is -3.48. The molecule has 0 atom stereocenters. The zero-order chi connectivity index (χ0) is 20.3. The van der Waals surface area contributed by atoms with Gasteiger partial charge in [-0.05, 0) is 38.1 Å². The largest absolute Gasteiger partial charge is 0.348 e. The normalized spacial score (nSPS) is 11.2. The Bertz CT molecular complexity index is 1110. The summed E-state index contributed by atoms with van der Waals surface area (Å²) in [6.45, 7) is 4.14. The first-order valence-corrected chi connectivity index (χ1v) is 10.6. The molecule has 8 heteroatoms. The molecule has 3 aromatic rings. The molecule has 0 saturated heterocycles. The highest BCUT2D eigenvalue weighted by Gasteiger charge is 2.16. The van der Waals surface area contributed by atoms with Crippen molar-refractivity contribution in [1.29, 1.82) is 0 Å². The Hall–Kier alpha value is -3.13. The molecule has 7 nitrogen and oxygen atoms in total. The molecule has 0 aliphatic rings. The first kappa shape index (κ1) is 19.6. The van der Waals surface area contributed by atoms with Crippen molar-refractivity contribution < 1.29 is 13.2 Å². The Morgan fingerprint density at radius 3 is 2.36 bits per heavy atom. The second kappa shape index (κ2) is 7.85. The van der Waals surface area contributed by atoms with Crippen LogP contribution in [0, 0.1) is 13.8 Å². The quantitative estimate of drug-likeness (QED) is 0.668. The van der Waals surface area contributed by atoms with E-state index in [9.17, 15) is 13.2 Å². The van der Waals surface area contributed by atoms with Gasteiger partial charge in [-0.15, -0.1) is 0 Å². The molecule has 146 valence electrons. The highest BCUT2D eigenvalue weighted by Crippen LogP contribution is 2.19. The molecule has 1 amide bonds. The number of benzene rings is 2. The number of carbonyl (C=O) groups is 1. The summed E-state index contributed by atoms with van der Waals surface area (Å²) < 4.78 is 27.3. The number of sulfonamides is 1. The fraction of sp³-hybridized carbons (Fsp3) is 0.200. The van der Waals surface area contributed by atoms with Gasteiger partial charge >= 0.3 is 0 Å². The molecule has 0 fully saturated rings. The number of anilines is 1. The number of nitrogens with one attached hydrogen (secondary N) is 2. The SMILES string of the molecule is Cc1nn(-c2ccccc2)c(C)c1CNC(=O)c1ccccc1NS(C)(=O)=O. The summed E-state index contributed by atoms with van der Waals surface area (Å²) in [5, 5.41) is 7.43. The summed E-state index contributed by atoms with van der Waals surface area (Å²) in [5.41, 5.74) is 4.14. The standard InChI is InChI=1S/C20H22N4O3S/c1-14-18(15(2)24(22-14)16-9-5-4-6-10-16)13-21-20(25)17-11-7-8-12-19(17)23-28(3,26)27/h4-12,23H,13H2,1-3H3,(H,21,25). The molecule has 3 rings (SSSR count). The number of aryl methyl sites for hydroxylation is 1. The number of rotatable bonds is 6. The third-order valence-electron chi connectivity index (χ3n) is 4.33. The van der Waals surface area contributed by atoms with E-state index in [1.165, 1.54) is 0 Å². The average Bonchev–Trinajstić information content (AvgIpc) is 2.93. The zero-order valence-corrected chi connectivity index (χ0v) is 16.7. The Balaban J connectivity index is 1.81. The van der Waals surface area contributed by atoms with Crippen LogP contribution in [0.15, 0.2) is 54.6 Å². The van der Waals surface area contributed by atoms with Gasteiger partial charge in [0.05, 0.1) is 28.9 Å². The molecule has 1 aromatic heterocycles. The second-order valence-electron chi connectivity index (χ2n) is 6.50. The molecule has 1 heterocycles. The maximum atomic E-state index is 12.7. The lowest BCUT2D eigenvalue weighted by Crippen LogP contribution is -2.25. The van der Waals surface area contributed by atoms with E-state index in [4.69, 9.17) is 0 Å². The van der Waals surface area contributed by atoms with E-state index in [0.29, 0.717) is 0 Å². The van der Waals surface area contributed by atoms with Crippen LogP contribution in [0.1, 0.15) is 27.3 Å². The van der Waals surface area contributed by atoms with Crippen molar-refractivity contribution in [3.8, 4) is 5.69 Å². The van der Waals surface area contributed by atoms with E-state index >= 15 is 0 Å². The summed E-state index contributed by atoms with van der Waals surface area (Å²) in [6.07, 6.45) is 1.05. The van der Waals surface area contributed by atoms with E-state index in [2.05, 4.69) is 15.1 Å². The molecule has 0 spiro atoms. The lowest BCUT2D eigenvalue weighted by Gasteiger charge is -2.11. The molecule has 2 N–H and O–H groups in total. The maximum absolute atomic E-state index is 12.7. The molecular weight excluding hydrogens is 376 g/mol. The molecule has 28 heavy (non-hydrogen) atoms. The highest BCUT2D eigenvalue weighted by atomic mass is 32.2. The number of carbonyl (C=O) groups excluding carboxylic acids is 1. The number of para-hydroxylation sites is 2. The molecule has 0 unspecified atom stereocenters. The van der Waals surface area contributed by atoms with Crippen LogP contribution in [0.4, 0.5) is 5.69 Å². The first-order chi connectivity index (χ1) is 13.3. The van der Waals surface area contributed by atoms with Gasteiger partial charge in [0.1, 0.15) is 0 Å². The van der Waals surface area contributed by atoms with Crippen LogP contribution in [0.25, 0.3) is 5.69 Å². The van der Waals surface area contributed by atoms with Gasteiger partial charge in [-0.2, -0.15) is 5.10 Å². The van der Waals surface area contributed by atoms with Crippen LogP contribution in [0.5, 0.6) is 0 Å². The maximum Gasteiger partial charge on any atom is 0.253 e. The number of amides is 1. The molecule has 0 saturated carbocycles. The van der Waals surface area contributed by atoms with Gasteiger partial charge in [-0.3, -0.25) is 9.52 Å². The topological polar surface area (TPSA) is 93.1 Å². The Morgan fingerprint density at radius 2 is 1.68 bits per heavy atom. The molecular formula is C20H22N4O3S. The minimum atomic E-state index is -3.48. The van der Waals surface area contributed by atoms with Crippen LogP contribution in [0.3, 0.4) is 0 Å². The van der Waals surface area contributed by atoms with Gasteiger partial charge < -0.3 is 5.32 Å². The number of nitrogens with zero attached hydrogens (tertiary/aromatic N) is 2. The molecule has 0 aliphatic heterocycles. The third-order valence-corrected chi connectivity index (χ3v) is 4.93. The first-order valence-electron chi connectivity index (χ1n) is 8.72. The van der Waals surface area contributed by atoms with E-state index in [-0.39, 0.29) is 23.7 Å². The van der Waals surface area contributed by atoms with Crippen LogP contribution >= 0.6 is 0 Å². The minimum Gasteiger partial charge on any atom is -0.348 e. The van der Waals surface area contributed by atoms with E-state index < -0.39 is 10.0 Å². The van der Waals surface area contributed by atoms with Gasteiger partial charge in [0.25, 0.3) is 5.91 Å². The number of aromatic nitrogens is 2. The fourth-order valence-corrected chi connectivity index (χ4v) is 3.56. The fourth-order valence-electron chi connectivity index (χ4n) is 2.99. The van der Waals surface area contributed by atoms with E-state index in [1.807, 2.05) is 48.9 Å². The van der Waals surface area contributed by atoms with Gasteiger partial charge in [-0.25, -0.2) is 13.1 Å². The van der Waals surface area contributed by atoms with Crippen molar-refractivity contribution >= 4 is 21.6 Å². The molecule has 0 aliphatic carbocycles. The van der Waals surface area contributed by atoms with E-state index in [0.717, 1.165) is 28.9 Å².